The molecule has 0 radical (unpaired) electrons. The Labute approximate surface area is 69.8 Å². The lowest BCUT2D eigenvalue weighted by Crippen LogP contribution is -1.95. The van der Waals surface area contributed by atoms with Crippen LogP contribution in [-0.2, 0) is 12.9 Å². The quantitative estimate of drug-likeness (QED) is 0.603. The van der Waals surface area contributed by atoms with Crippen LogP contribution in [0.15, 0.2) is 0 Å². The van der Waals surface area contributed by atoms with Crippen LogP contribution in [0.4, 0.5) is 0 Å². The van der Waals surface area contributed by atoms with Gasteiger partial charge in [-0.15, -0.1) is 11.6 Å². The Kier molecular flexibility index (Phi) is 2.21. The number of imidazole rings is 1. The predicted molar refractivity (Wildman–Crippen MR) is 42.5 cm³/mol. The Hall–Kier alpha value is -0.210. The number of aryl methyl sites for hydroxylation is 1. The third kappa shape index (κ3) is 1.13. The van der Waals surface area contributed by atoms with E-state index < -0.39 is 0 Å². The van der Waals surface area contributed by atoms with Crippen molar-refractivity contribution in [3.63, 3.8) is 0 Å². The number of alkyl halides is 1. The summed E-state index contributed by atoms with van der Waals surface area (Å²) < 4.78 is 1.88. The van der Waals surface area contributed by atoms with Gasteiger partial charge in [-0.05, 0) is 6.92 Å². The van der Waals surface area contributed by atoms with Crippen molar-refractivity contribution in [3.8, 4) is 0 Å². The molecule has 0 bridgehead atoms. The van der Waals surface area contributed by atoms with Gasteiger partial charge >= 0.3 is 0 Å². The maximum atomic E-state index is 5.73. The van der Waals surface area contributed by atoms with Crippen molar-refractivity contribution < 1.29 is 0 Å². The normalized spacial score (nSPS) is 10.4. The van der Waals surface area contributed by atoms with E-state index in [1.165, 1.54) is 0 Å². The molecule has 1 rings (SSSR count). The molecular formula is C6H8Cl2N2. The molecule has 0 saturated carbocycles. The molecule has 4 heteroatoms. The number of rotatable bonds is 1. The molecule has 0 unspecified atom stereocenters. The number of nitrogens with zero attached hydrogens (tertiary/aromatic N) is 2. The minimum absolute atomic E-state index is 0.413. The van der Waals surface area contributed by atoms with E-state index in [1.807, 2.05) is 18.5 Å². The Balaban J connectivity index is 3.20. The Morgan fingerprint density at radius 3 is 2.40 bits per heavy atom. The monoisotopic (exact) mass is 178 g/mol. The first-order valence-electron chi connectivity index (χ1n) is 2.90. The lowest BCUT2D eigenvalue weighted by Gasteiger charge is -1.97. The smallest absolute Gasteiger partial charge is 0.151 e. The molecule has 10 heavy (non-hydrogen) atoms. The summed E-state index contributed by atoms with van der Waals surface area (Å²) in [6.07, 6.45) is 0. The average molecular weight is 179 g/mol. The topological polar surface area (TPSA) is 17.8 Å². The van der Waals surface area contributed by atoms with E-state index in [0.29, 0.717) is 11.0 Å². The van der Waals surface area contributed by atoms with Crippen molar-refractivity contribution >= 4 is 23.2 Å². The fourth-order valence-corrected chi connectivity index (χ4v) is 1.45. The van der Waals surface area contributed by atoms with Gasteiger partial charge in [-0.3, -0.25) is 0 Å². The van der Waals surface area contributed by atoms with Gasteiger partial charge in [0.1, 0.15) is 5.82 Å². The summed E-state index contributed by atoms with van der Waals surface area (Å²) in [6.45, 7) is 1.89. The summed E-state index contributed by atoms with van der Waals surface area (Å²) in [4.78, 5) is 4.03. The summed E-state index contributed by atoms with van der Waals surface area (Å²) >= 11 is 11.3. The molecule has 0 aliphatic rings. The van der Waals surface area contributed by atoms with Crippen molar-refractivity contribution in [2.45, 2.75) is 12.8 Å². The first-order chi connectivity index (χ1) is 4.66. The number of hydrogen-bond acceptors (Lipinski definition) is 1. The zero-order valence-electron chi connectivity index (χ0n) is 5.86. The summed E-state index contributed by atoms with van der Waals surface area (Å²) in [5.74, 6) is 1.30. The van der Waals surface area contributed by atoms with E-state index in [4.69, 9.17) is 23.2 Å². The lowest BCUT2D eigenvalue weighted by molar-refractivity contribution is 0.821. The van der Waals surface area contributed by atoms with Crippen LogP contribution in [0.2, 0.25) is 5.15 Å². The highest BCUT2D eigenvalue weighted by molar-refractivity contribution is 6.31. The van der Waals surface area contributed by atoms with Gasteiger partial charge in [-0.1, -0.05) is 11.6 Å². The van der Waals surface area contributed by atoms with Crippen molar-refractivity contribution in [2.24, 2.45) is 7.05 Å². The van der Waals surface area contributed by atoms with Crippen molar-refractivity contribution in [3.05, 3.63) is 16.7 Å². The molecule has 0 fully saturated rings. The summed E-state index contributed by atoms with van der Waals surface area (Å²) in [5.41, 5.74) is 0.876. The number of hydrogen-bond donors (Lipinski definition) is 0. The van der Waals surface area contributed by atoms with Crippen LogP contribution in [0, 0.1) is 6.92 Å². The molecule has 2 nitrogen and oxygen atoms in total. The third-order valence-corrected chi connectivity index (χ3v) is 2.07. The fraction of sp³-hybridized carbons (Fsp3) is 0.500. The van der Waals surface area contributed by atoms with Gasteiger partial charge in [0.25, 0.3) is 0 Å². The highest BCUT2D eigenvalue weighted by atomic mass is 35.5. The van der Waals surface area contributed by atoms with Gasteiger partial charge in [0, 0.05) is 7.05 Å². The van der Waals surface area contributed by atoms with Crippen LogP contribution in [-0.4, -0.2) is 9.55 Å². The van der Waals surface area contributed by atoms with Crippen LogP contribution >= 0.6 is 23.2 Å². The second-order valence-electron chi connectivity index (χ2n) is 2.09. The van der Waals surface area contributed by atoms with Crippen LogP contribution in [0.25, 0.3) is 0 Å². The predicted octanol–water partition coefficient (Wildman–Crippen LogP) is 2.12. The highest BCUT2D eigenvalue weighted by Gasteiger charge is 2.07. The molecule has 0 aliphatic heterocycles. The zero-order chi connectivity index (χ0) is 7.72. The molecule has 0 atom stereocenters. The van der Waals surface area contributed by atoms with Crippen molar-refractivity contribution in [1.29, 1.82) is 0 Å². The molecule has 0 amide bonds. The van der Waals surface area contributed by atoms with E-state index in [9.17, 15) is 0 Å². The first kappa shape index (κ1) is 7.89. The van der Waals surface area contributed by atoms with E-state index in [0.717, 1.165) is 11.5 Å². The van der Waals surface area contributed by atoms with Crippen LogP contribution in [0.3, 0.4) is 0 Å². The minimum Gasteiger partial charge on any atom is -0.333 e. The summed E-state index contributed by atoms with van der Waals surface area (Å²) in [7, 11) is 1.89. The number of halogens is 2. The Bertz CT molecular complexity index is 242. The van der Waals surface area contributed by atoms with E-state index in [-0.39, 0.29) is 0 Å². The van der Waals surface area contributed by atoms with Crippen LogP contribution < -0.4 is 0 Å². The van der Waals surface area contributed by atoms with E-state index in [1.54, 1.807) is 0 Å². The molecule has 56 valence electrons. The molecule has 1 aromatic heterocycles. The van der Waals surface area contributed by atoms with Gasteiger partial charge in [0.15, 0.2) is 5.15 Å². The molecular weight excluding hydrogens is 171 g/mol. The molecule has 0 aromatic carbocycles. The summed E-state index contributed by atoms with van der Waals surface area (Å²) in [5, 5.41) is 0.509. The van der Waals surface area contributed by atoms with Crippen LogP contribution in [0.1, 0.15) is 11.5 Å². The third-order valence-electron chi connectivity index (χ3n) is 1.51. The molecule has 0 N–H and O–H groups in total. The van der Waals surface area contributed by atoms with Crippen molar-refractivity contribution in [1.82, 2.24) is 9.55 Å². The molecule has 0 aliphatic carbocycles. The standard InChI is InChI=1S/C6H8Cl2N2/c1-4-9-6(8)5(3-7)10(4)2/h3H2,1-2H3. The van der Waals surface area contributed by atoms with E-state index in [2.05, 4.69) is 4.98 Å². The SMILES string of the molecule is Cc1nc(Cl)c(CCl)n1C. The van der Waals surface area contributed by atoms with Gasteiger partial charge < -0.3 is 4.57 Å². The van der Waals surface area contributed by atoms with Crippen molar-refractivity contribution in [2.75, 3.05) is 0 Å². The van der Waals surface area contributed by atoms with Gasteiger partial charge in [0.05, 0.1) is 11.6 Å². The zero-order valence-corrected chi connectivity index (χ0v) is 7.37. The number of aromatic nitrogens is 2. The second-order valence-corrected chi connectivity index (χ2v) is 2.71. The molecule has 1 heterocycles. The highest BCUT2D eigenvalue weighted by Crippen LogP contribution is 2.16. The second kappa shape index (κ2) is 2.81. The summed E-state index contributed by atoms with van der Waals surface area (Å²) in [6, 6.07) is 0. The maximum Gasteiger partial charge on any atom is 0.151 e. The Morgan fingerprint density at radius 1 is 1.60 bits per heavy atom. The minimum atomic E-state index is 0.413. The maximum absolute atomic E-state index is 5.73. The van der Waals surface area contributed by atoms with Gasteiger partial charge in [-0.25, -0.2) is 4.98 Å². The lowest BCUT2D eigenvalue weighted by atomic mass is 10.5. The average Bonchev–Trinajstić information content (AvgIpc) is 2.09. The largest absolute Gasteiger partial charge is 0.333 e. The van der Waals surface area contributed by atoms with Gasteiger partial charge in [-0.2, -0.15) is 0 Å². The first-order valence-corrected chi connectivity index (χ1v) is 3.81. The molecule has 0 spiro atoms. The Morgan fingerprint density at radius 2 is 2.20 bits per heavy atom. The van der Waals surface area contributed by atoms with Crippen LogP contribution in [0.5, 0.6) is 0 Å². The van der Waals surface area contributed by atoms with E-state index >= 15 is 0 Å². The molecule has 1 aromatic rings. The van der Waals surface area contributed by atoms with Gasteiger partial charge in [0.2, 0.25) is 0 Å². The molecule has 0 saturated heterocycles. The fourth-order valence-electron chi connectivity index (χ4n) is 0.760.